The second-order valence-electron chi connectivity index (χ2n) is 8.02. The predicted molar refractivity (Wildman–Crippen MR) is 129 cm³/mol. The first-order chi connectivity index (χ1) is 14.8. The molecule has 0 bridgehead atoms. The van der Waals surface area contributed by atoms with Gasteiger partial charge in [-0.3, -0.25) is 4.98 Å². The van der Waals surface area contributed by atoms with Crippen LogP contribution < -0.4 is 5.32 Å². The van der Waals surface area contributed by atoms with Gasteiger partial charge in [-0.15, -0.1) is 0 Å². The first-order valence-electron chi connectivity index (χ1n) is 10.7. The smallest absolute Gasteiger partial charge is 0.0985 e. The fraction of sp³-hybridized carbons (Fsp3) is 0.259. The lowest BCUT2D eigenvalue weighted by Crippen LogP contribution is -2.21. The van der Waals surface area contributed by atoms with Crippen LogP contribution in [0.2, 0.25) is 0 Å². The van der Waals surface area contributed by atoms with Crippen molar-refractivity contribution in [1.29, 1.82) is 0 Å². The summed E-state index contributed by atoms with van der Waals surface area (Å²) in [6.45, 7) is 0.907. The number of allylic oxidation sites excluding steroid dienone is 1. The van der Waals surface area contributed by atoms with Gasteiger partial charge in [0.1, 0.15) is 0 Å². The monoisotopic (exact) mass is 412 g/mol. The molecule has 1 saturated carbocycles. The summed E-state index contributed by atoms with van der Waals surface area (Å²) in [5, 5.41) is 3.40. The molecule has 0 amide bonds. The van der Waals surface area contributed by atoms with Crippen LogP contribution in [0.4, 0.5) is 0 Å². The van der Waals surface area contributed by atoms with Crippen molar-refractivity contribution in [3.63, 3.8) is 0 Å². The van der Waals surface area contributed by atoms with Gasteiger partial charge in [-0.2, -0.15) is 0 Å². The van der Waals surface area contributed by atoms with Crippen molar-refractivity contribution in [2.75, 3.05) is 6.54 Å². The van der Waals surface area contributed by atoms with Gasteiger partial charge in [0.25, 0.3) is 0 Å². The fourth-order valence-corrected chi connectivity index (χ4v) is 4.39. The average Bonchev–Trinajstić information content (AvgIpc) is 3.55. The fourth-order valence-electron chi connectivity index (χ4n) is 4.22. The number of aryl methyl sites for hydroxylation is 1. The lowest BCUT2D eigenvalue weighted by atomic mass is 9.90. The molecule has 1 heterocycles. The number of pyridine rings is 1. The van der Waals surface area contributed by atoms with Gasteiger partial charge in [0.05, 0.1) is 4.99 Å². The number of thiocarbonyl (C=S) groups is 1. The summed E-state index contributed by atoms with van der Waals surface area (Å²) >= 11 is 5.59. The zero-order valence-corrected chi connectivity index (χ0v) is 18.0. The molecule has 2 aromatic carbocycles. The quantitative estimate of drug-likeness (QED) is 0.265. The highest BCUT2D eigenvalue weighted by Gasteiger charge is 2.53. The summed E-state index contributed by atoms with van der Waals surface area (Å²) in [5.41, 5.74) is 4.12. The van der Waals surface area contributed by atoms with E-state index in [2.05, 4.69) is 89.2 Å². The van der Waals surface area contributed by atoms with Crippen molar-refractivity contribution in [1.82, 2.24) is 10.3 Å². The first kappa shape index (κ1) is 20.5. The molecular formula is C27H28N2S. The third-order valence-corrected chi connectivity index (χ3v) is 6.24. The molecule has 2 nitrogen and oxygen atoms in total. The van der Waals surface area contributed by atoms with Crippen molar-refractivity contribution in [2.45, 2.75) is 37.0 Å². The summed E-state index contributed by atoms with van der Waals surface area (Å²) in [4.78, 5) is 5.00. The minimum absolute atomic E-state index is 0.0503. The van der Waals surface area contributed by atoms with E-state index in [1.807, 2.05) is 18.5 Å². The van der Waals surface area contributed by atoms with Gasteiger partial charge in [0.15, 0.2) is 0 Å². The number of nitrogens with zero attached hydrogens (tertiary/aromatic N) is 1. The van der Waals surface area contributed by atoms with E-state index in [1.165, 1.54) is 16.7 Å². The maximum Gasteiger partial charge on any atom is 0.0985 e. The van der Waals surface area contributed by atoms with Crippen molar-refractivity contribution in [3.05, 3.63) is 114 Å². The molecule has 3 heteroatoms. The second kappa shape index (κ2) is 9.82. The lowest BCUT2D eigenvalue weighted by molar-refractivity contribution is 0.711. The van der Waals surface area contributed by atoms with Crippen LogP contribution in [0.3, 0.4) is 0 Å². The Kier molecular flexibility index (Phi) is 6.70. The predicted octanol–water partition coefficient (Wildman–Crippen LogP) is 6.00. The molecule has 1 aliphatic carbocycles. The van der Waals surface area contributed by atoms with Crippen molar-refractivity contribution in [2.24, 2.45) is 0 Å². The molecule has 2 atom stereocenters. The lowest BCUT2D eigenvalue weighted by Gasteiger charge is -2.14. The molecule has 0 radical (unpaired) electrons. The summed E-state index contributed by atoms with van der Waals surface area (Å²) in [7, 11) is 0. The number of aromatic nitrogens is 1. The summed E-state index contributed by atoms with van der Waals surface area (Å²) < 4.78 is 0. The van der Waals surface area contributed by atoms with E-state index in [-0.39, 0.29) is 5.41 Å². The summed E-state index contributed by atoms with van der Waals surface area (Å²) in [6.07, 6.45) is 12.6. The van der Waals surface area contributed by atoms with Gasteiger partial charge in [-0.1, -0.05) is 85.0 Å². The molecule has 1 aromatic heterocycles. The molecule has 1 N–H and O–H groups in total. The Morgan fingerprint density at radius 3 is 2.50 bits per heavy atom. The largest absolute Gasteiger partial charge is 0.376 e. The third kappa shape index (κ3) is 5.03. The highest BCUT2D eigenvalue weighted by Crippen LogP contribution is 2.61. The molecule has 4 rings (SSSR count). The van der Waals surface area contributed by atoms with E-state index < -0.39 is 0 Å². The molecule has 152 valence electrons. The number of unbranched alkanes of at least 4 members (excludes halogenated alkanes) is 1. The first-order valence-corrected chi connectivity index (χ1v) is 11.2. The molecule has 1 fully saturated rings. The minimum Gasteiger partial charge on any atom is -0.376 e. The van der Waals surface area contributed by atoms with E-state index in [1.54, 1.807) is 0 Å². The summed E-state index contributed by atoms with van der Waals surface area (Å²) in [5.74, 6) is 0.514. The number of hydrogen-bond donors (Lipinski definition) is 1. The molecule has 0 saturated heterocycles. The highest BCUT2D eigenvalue weighted by molar-refractivity contribution is 7.80. The van der Waals surface area contributed by atoms with Gasteiger partial charge in [-0.25, -0.2) is 0 Å². The molecule has 0 aliphatic heterocycles. The Morgan fingerprint density at radius 1 is 1.00 bits per heavy atom. The van der Waals surface area contributed by atoms with Crippen LogP contribution in [-0.4, -0.2) is 16.5 Å². The Bertz CT molecular complexity index is 970. The number of nitrogens with one attached hydrogen (secondary N) is 1. The minimum atomic E-state index is 0.0503. The molecule has 1 aliphatic rings. The molecular weight excluding hydrogens is 384 g/mol. The number of hydrogen-bond acceptors (Lipinski definition) is 2. The van der Waals surface area contributed by atoms with Gasteiger partial charge >= 0.3 is 0 Å². The van der Waals surface area contributed by atoms with Gasteiger partial charge in [0, 0.05) is 24.4 Å². The number of rotatable bonds is 9. The van der Waals surface area contributed by atoms with Crippen LogP contribution in [0, 0.1) is 0 Å². The molecule has 30 heavy (non-hydrogen) atoms. The Balaban J connectivity index is 1.32. The Hall–Kier alpha value is -2.78. The zero-order chi connectivity index (χ0) is 20.7. The number of benzene rings is 2. The normalized spacial score (nSPS) is 20.2. The van der Waals surface area contributed by atoms with Crippen molar-refractivity contribution in [3.8, 4) is 0 Å². The van der Waals surface area contributed by atoms with E-state index in [4.69, 9.17) is 12.2 Å². The van der Waals surface area contributed by atoms with E-state index in [0.717, 1.165) is 37.2 Å². The molecule has 2 unspecified atom stereocenters. The average molecular weight is 413 g/mol. The van der Waals surface area contributed by atoms with Gasteiger partial charge < -0.3 is 5.32 Å². The van der Waals surface area contributed by atoms with Crippen molar-refractivity contribution < 1.29 is 0 Å². The summed E-state index contributed by atoms with van der Waals surface area (Å²) in [6, 6.07) is 25.8. The van der Waals surface area contributed by atoms with Crippen LogP contribution >= 0.6 is 12.2 Å². The van der Waals surface area contributed by atoms with Crippen LogP contribution in [0.5, 0.6) is 0 Å². The van der Waals surface area contributed by atoms with Crippen LogP contribution in [-0.2, 0) is 11.8 Å². The van der Waals surface area contributed by atoms with Crippen molar-refractivity contribution >= 4 is 17.2 Å². The van der Waals surface area contributed by atoms with E-state index >= 15 is 0 Å². The SMILES string of the molecule is S=C(/C=C/C1(c2ccccc2)CC1c1ccccc1)NCCCCc1cccnc1. The van der Waals surface area contributed by atoms with E-state index in [0.29, 0.717) is 5.92 Å². The second-order valence-corrected chi connectivity index (χ2v) is 8.46. The maximum absolute atomic E-state index is 5.59. The Morgan fingerprint density at radius 2 is 1.77 bits per heavy atom. The maximum atomic E-state index is 5.59. The van der Waals surface area contributed by atoms with Gasteiger partial charge in [0.2, 0.25) is 0 Å². The van der Waals surface area contributed by atoms with Crippen LogP contribution in [0.1, 0.15) is 41.9 Å². The topological polar surface area (TPSA) is 24.9 Å². The molecule has 0 spiro atoms. The zero-order valence-electron chi connectivity index (χ0n) is 17.2. The molecule has 3 aromatic rings. The third-order valence-electron chi connectivity index (χ3n) is 5.96. The standard InChI is InChI=1S/C27H28N2S/c30-26(29-19-8-7-10-22-11-9-18-28-21-22)16-17-27(24-14-5-2-6-15-24)20-25(27)23-12-3-1-4-13-23/h1-6,9,11-18,21,25H,7-8,10,19-20H2,(H,29,30)/b17-16+. The Labute approximate surface area is 185 Å². The van der Waals surface area contributed by atoms with Gasteiger partial charge in [-0.05, 0) is 60.4 Å². The van der Waals surface area contributed by atoms with E-state index in [9.17, 15) is 0 Å². The van der Waals surface area contributed by atoms with Crippen LogP contribution in [0.15, 0.2) is 97.3 Å². The highest BCUT2D eigenvalue weighted by atomic mass is 32.1. The van der Waals surface area contributed by atoms with Crippen LogP contribution in [0.25, 0.3) is 0 Å².